The molecule has 0 radical (unpaired) electrons. The van der Waals surface area contributed by atoms with Crippen LogP contribution in [0.15, 0.2) is 53.4 Å². The molecule has 0 bridgehead atoms. The summed E-state index contributed by atoms with van der Waals surface area (Å²) in [7, 11) is 0. The molecule has 260 valence electrons. The zero-order chi connectivity index (χ0) is 35.4. The van der Waals surface area contributed by atoms with Gasteiger partial charge in [0.2, 0.25) is 5.91 Å². The lowest BCUT2D eigenvalue weighted by Crippen LogP contribution is -2.60. The molecule has 5 rings (SSSR count). The summed E-state index contributed by atoms with van der Waals surface area (Å²) in [6, 6.07) is 8.06. The molecule has 2 aromatic rings. The fraction of sp³-hybridized carbons (Fsp3) is 0.485. The van der Waals surface area contributed by atoms with E-state index in [1.165, 1.54) is 29.9 Å². The van der Waals surface area contributed by atoms with E-state index < -0.39 is 65.5 Å². The number of carbonyl (C=O) groups excluding carboxylic acids is 3. The van der Waals surface area contributed by atoms with Crippen molar-refractivity contribution >= 4 is 41.4 Å². The van der Waals surface area contributed by atoms with E-state index in [-0.39, 0.29) is 18.7 Å². The summed E-state index contributed by atoms with van der Waals surface area (Å²) in [5.41, 5.74) is -6.91. The first-order valence-electron chi connectivity index (χ1n) is 15.4. The Morgan fingerprint density at radius 1 is 1.00 bits per heavy atom. The fourth-order valence-electron chi connectivity index (χ4n) is 6.16. The standard InChI is InChI=1S/C33H36F6N4O4S/c1-5-6-21-15-23(31(47,32(34,35)36)33(37,38)39)9-14-26(21)41-16-20(3)42(17-19(41)2)27(44)18-43-28(45)30(4,40-29(43)46)22-7-10-24(11-8-22)48-25-12-13-25/h5-11,14-15,19-20,25,47H,12-13,16-18H2,1-4H3,(H,40,46)/b6-5-/t19-,20+,30?/m0/s1. The fourth-order valence-corrected chi connectivity index (χ4v) is 7.21. The lowest BCUT2D eigenvalue weighted by molar-refractivity contribution is -0.376. The Labute approximate surface area is 278 Å². The number of imide groups is 1. The predicted octanol–water partition coefficient (Wildman–Crippen LogP) is 6.18. The second kappa shape index (κ2) is 12.6. The molecule has 15 heteroatoms. The summed E-state index contributed by atoms with van der Waals surface area (Å²) in [6.45, 7) is 6.29. The van der Waals surface area contributed by atoms with Crippen LogP contribution in [0.3, 0.4) is 0 Å². The van der Waals surface area contributed by atoms with Crippen LogP contribution in [0, 0.1) is 0 Å². The van der Waals surface area contributed by atoms with Gasteiger partial charge in [-0.3, -0.25) is 14.5 Å². The third-order valence-corrected chi connectivity index (χ3v) is 10.4. The Bertz CT molecular complexity index is 1600. The van der Waals surface area contributed by atoms with Crippen molar-refractivity contribution in [3.8, 4) is 0 Å². The molecule has 2 heterocycles. The molecule has 0 aromatic heterocycles. The van der Waals surface area contributed by atoms with Gasteiger partial charge in [-0.1, -0.05) is 30.4 Å². The lowest BCUT2D eigenvalue weighted by atomic mass is 9.89. The molecule has 3 atom stereocenters. The number of hydrogen-bond acceptors (Lipinski definition) is 6. The molecular formula is C33H36F6N4O4S. The number of nitrogens with zero attached hydrogens (tertiary/aromatic N) is 3. The Balaban J connectivity index is 1.31. The predicted molar refractivity (Wildman–Crippen MR) is 168 cm³/mol. The van der Waals surface area contributed by atoms with Crippen molar-refractivity contribution in [1.82, 2.24) is 15.1 Å². The Morgan fingerprint density at radius 3 is 2.19 bits per heavy atom. The van der Waals surface area contributed by atoms with E-state index in [0.717, 1.165) is 15.9 Å². The zero-order valence-corrected chi connectivity index (χ0v) is 27.5. The number of hydrogen-bond donors (Lipinski definition) is 2. The molecule has 8 nitrogen and oxygen atoms in total. The van der Waals surface area contributed by atoms with Gasteiger partial charge in [0.05, 0.1) is 0 Å². The van der Waals surface area contributed by atoms with E-state index >= 15 is 0 Å². The number of thioether (sulfide) groups is 1. The van der Waals surface area contributed by atoms with Gasteiger partial charge in [0.15, 0.2) is 0 Å². The maximum absolute atomic E-state index is 13.6. The molecule has 2 aliphatic heterocycles. The molecule has 3 aliphatic rings. The van der Waals surface area contributed by atoms with Crippen LogP contribution in [0.25, 0.3) is 6.08 Å². The molecule has 1 saturated carbocycles. The van der Waals surface area contributed by atoms with E-state index in [1.54, 1.807) is 56.5 Å². The first-order chi connectivity index (χ1) is 22.3. The zero-order valence-electron chi connectivity index (χ0n) is 26.7. The number of benzene rings is 2. The van der Waals surface area contributed by atoms with Crippen molar-refractivity contribution in [2.24, 2.45) is 0 Å². The van der Waals surface area contributed by atoms with E-state index in [9.17, 15) is 45.8 Å². The number of urea groups is 1. The summed E-state index contributed by atoms with van der Waals surface area (Å²) in [4.78, 5) is 45.2. The van der Waals surface area contributed by atoms with Crippen LogP contribution in [0.5, 0.6) is 0 Å². The topological polar surface area (TPSA) is 93.2 Å². The molecule has 3 fully saturated rings. The molecule has 2 aromatic carbocycles. The number of amides is 4. The molecule has 48 heavy (non-hydrogen) atoms. The number of rotatable bonds is 8. The van der Waals surface area contributed by atoms with Gasteiger partial charge in [0, 0.05) is 46.6 Å². The quantitative estimate of drug-likeness (QED) is 0.253. The third kappa shape index (κ3) is 6.38. The minimum absolute atomic E-state index is 0.0125. The normalized spacial score (nSPS) is 24.1. The van der Waals surface area contributed by atoms with Crippen molar-refractivity contribution < 1.29 is 45.8 Å². The summed E-state index contributed by atoms with van der Waals surface area (Å²) >= 11 is 1.76. The molecule has 1 aliphatic carbocycles. The Kier molecular flexibility index (Phi) is 9.36. The second-order valence-electron chi connectivity index (χ2n) is 12.7. The van der Waals surface area contributed by atoms with Gasteiger partial charge >= 0.3 is 18.4 Å². The number of aliphatic hydroxyl groups is 1. The van der Waals surface area contributed by atoms with Gasteiger partial charge in [-0.05, 0) is 75.9 Å². The molecule has 2 saturated heterocycles. The summed E-state index contributed by atoms with van der Waals surface area (Å²) < 4.78 is 81.5. The second-order valence-corrected chi connectivity index (χ2v) is 14.0. The average Bonchev–Trinajstić information content (AvgIpc) is 3.79. The molecule has 4 amide bonds. The SMILES string of the molecule is C/C=C\c1cc(C(O)(C(F)(F)F)C(F)(F)F)ccc1N1C[C@@H](C)N(C(=O)CN2C(=O)NC(C)(c3ccc(SC4CC4)cc3)C2=O)C[C@@H]1C. The van der Waals surface area contributed by atoms with E-state index in [0.29, 0.717) is 28.6 Å². The van der Waals surface area contributed by atoms with Gasteiger partial charge in [0.25, 0.3) is 11.5 Å². The minimum Gasteiger partial charge on any atom is -0.369 e. The van der Waals surface area contributed by atoms with Crippen LogP contribution < -0.4 is 10.2 Å². The van der Waals surface area contributed by atoms with Crippen molar-refractivity contribution in [3.63, 3.8) is 0 Å². The van der Waals surface area contributed by atoms with Gasteiger partial charge in [0.1, 0.15) is 12.1 Å². The molecule has 2 N–H and O–H groups in total. The Hall–Kier alpha value is -3.72. The lowest BCUT2D eigenvalue weighted by Gasteiger charge is -2.46. The van der Waals surface area contributed by atoms with Crippen LogP contribution in [0.2, 0.25) is 0 Å². The largest absolute Gasteiger partial charge is 0.430 e. The third-order valence-electron chi connectivity index (χ3n) is 9.05. The summed E-state index contributed by atoms with van der Waals surface area (Å²) in [5, 5.41) is 13.3. The molecule has 1 unspecified atom stereocenters. The summed E-state index contributed by atoms with van der Waals surface area (Å²) in [5.74, 6) is -1.07. The molecular weight excluding hydrogens is 662 g/mol. The van der Waals surface area contributed by atoms with E-state index in [4.69, 9.17) is 0 Å². The van der Waals surface area contributed by atoms with Crippen LogP contribution in [-0.4, -0.2) is 82.1 Å². The number of halogens is 6. The van der Waals surface area contributed by atoms with Crippen molar-refractivity contribution in [2.45, 2.75) is 86.3 Å². The van der Waals surface area contributed by atoms with Crippen LogP contribution in [0.1, 0.15) is 57.2 Å². The average molecular weight is 699 g/mol. The highest BCUT2D eigenvalue weighted by molar-refractivity contribution is 8.00. The van der Waals surface area contributed by atoms with Crippen molar-refractivity contribution in [1.29, 1.82) is 0 Å². The van der Waals surface area contributed by atoms with Crippen LogP contribution >= 0.6 is 11.8 Å². The van der Waals surface area contributed by atoms with Crippen molar-refractivity contribution in [2.75, 3.05) is 24.5 Å². The number of nitrogens with one attached hydrogen (secondary N) is 1. The van der Waals surface area contributed by atoms with Crippen molar-refractivity contribution in [3.05, 3.63) is 65.2 Å². The van der Waals surface area contributed by atoms with Gasteiger partial charge in [-0.25, -0.2) is 4.79 Å². The monoisotopic (exact) mass is 698 g/mol. The summed E-state index contributed by atoms with van der Waals surface area (Å²) in [6.07, 6.45) is -6.93. The first kappa shape index (κ1) is 35.6. The van der Waals surface area contributed by atoms with Gasteiger partial charge in [-0.15, -0.1) is 11.8 Å². The highest BCUT2D eigenvalue weighted by Gasteiger charge is 2.71. The molecule has 0 spiro atoms. The number of allylic oxidation sites excluding steroid dienone is 1. The number of piperazine rings is 1. The smallest absolute Gasteiger partial charge is 0.369 e. The van der Waals surface area contributed by atoms with Gasteiger partial charge < -0.3 is 20.2 Å². The first-order valence-corrected chi connectivity index (χ1v) is 16.3. The van der Waals surface area contributed by atoms with E-state index in [1.807, 2.05) is 12.1 Å². The minimum atomic E-state index is -6.03. The highest BCUT2D eigenvalue weighted by Crippen LogP contribution is 2.51. The number of carbonyl (C=O) groups is 3. The van der Waals surface area contributed by atoms with Gasteiger partial charge in [-0.2, -0.15) is 26.3 Å². The number of anilines is 1. The van der Waals surface area contributed by atoms with E-state index in [2.05, 4.69) is 5.32 Å². The van der Waals surface area contributed by atoms with Crippen LogP contribution in [-0.2, 0) is 20.7 Å². The maximum Gasteiger partial charge on any atom is 0.430 e. The van der Waals surface area contributed by atoms with Crippen LogP contribution in [0.4, 0.5) is 36.8 Å². The highest BCUT2D eigenvalue weighted by atomic mass is 32.2. The Morgan fingerprint density at radius 2 is 1.62 bits per heavy atom. The maximum atomic E-state index is 13.6. The number of alkyl halides is 6.